The van der Waals surface area contributed by atoms with Gasteiger partial charge in [-0.25, -0.2) is 9.97 Å². The molecule has 1 aromatic heterocycles. The molecule has 106 valence electrons. The SMILES string of the molecule is CNc1nc(-c2ccccc2Br)nc(C(C)(C)C)c1Br. The van der Waals surface area contributed by atoms with E-state index >= 15 is 0 Å². The standard InChI is InChI=1S/C15H17Br2N3/c1-15(2,3)12-11(17)14(18-4)20-13(19-12)9-7-5-6-8-10(9)16/h5-8H,1-4H3,(H,18,19,20). The molecule has 0 saturated carbocycles. The highest BCUT2D eigenvalue weighted by atomic mass is 79.9. The average molecular weight is 399 g/mol. The van der Waals surface area contributed by atoms with Gasteiger partial charge in [0, 0.05) is 22.5 Å². The molecule has 0 amide bonds. The maximum atomic E-state index is 4.76. The number of halogens is 2. The molecule has 2 rings (SSSR count). The molecule has 1 heterocycles. The van der Waals surface area contributed by atoms with E-state index in [0.717, 1.165) is 31.8 Å². The third-order valence-electron chi connectivity index (χ3n) is 2.91. The van der Waals surface area contributed by atoms with Gasteiger partial charge in [0.05, 0.1) is 10.2 Å². The van der Waals surface area contributed by atoms with Crippen LogP contribution >= 0.6 is 31.9 Å². The third kappa shape index (κ3) is 3.04. The Morgan fingerprint density at radius 3 is 2.25 bits per heavy atom. The van der Waals surface area contributed by atoms with Crippen molar-refractivity contribution in [2.24, 2.45) is 0 Å². The van der Waals surface area contributed by atoms with Crippen molar-refractivity contribution in [2.75, 3.05) is 12.4 Å². The van der Waals surface area contributed by atoms with Crippen molar-refractivity contribution in [3.05, 3.63) is 38.9 Å². The smallest absolute Gasteiger partial charge is 0.163 e. The second-order valence-electron chi connectivity index (χ2n) is 5.54. The summed E-state index contributed by atoms with van der Waals surface area (Å²) in [5, 5.41) is 3.12. The summed E-state index contributed by atoms with van der Waals surface area (Å²) < 4.78 is 1.91. The molecule has 0 unspecified atom stereocenters. The van der Waals surface area contributed by atoms with Crippen LogP contribution in [0, 0.1) is 0 Å². The van der Waals surface area contributed by atoms with Gasteiger partial charge in [-0.3, -0.25) is 0 Å². The number of anilines is 1. The van der Waals surface area contributed by atoms with E-state index < -0.39 is 0 Å². The number of hydrogen-bond donors (Lipinski definition) is 1. The van der Waals surface area contributed by atoms with Crippen LogP contribution in [0.4, 0.5) is 5.82 Å². The van der Waals surface area contributed by atoms with Crippen molar-refractivity contribution in [3.63, 3.8) is 0 Å². The molecule has 0 radical (unpaired) electrons. The molecule has 0 aliphatic carbocycles. The van der Waals surface area contributed by atoms with E-state index in [-0.39, 0.29) is 5.41 Å². The average Bonchev–Trinajstić information content (AvgIpc) is 2.38. The summed E-state index contributed by atoms with van der Waals surface area (Å²) in [6, 6.07) is 7.98. The maximum absolute atomic E-state index is 4.76. The van der Waals surface area contributed by atoms with Crippen LogP contribution in [-0.4, -0.2) is 17.0 Å². The summed E-state index contributed by atoms with van der Waals surface area (Å²) in [6.07, 6.45) is 0. The zero-order valence-corrected chi connectivity index (χ0v) is 15.1. The Morgan fingerprint density at radius 2 is 1.70 bits per heavy atom. The molecule has 0 saturated heterocycles. The van der Waals surface area contributed by atoms with Crippen LogP contribution in [-0.2, 0) is 5.41 Å². The van der Waals surface area contributed by atoms with Crippen LogP contribution in [0.25, 0.3) is 11.4 Å². The number of benzene rings is 1. The molecular weight excluding hydrogens is 382 g/mol. The van der Waals surface area contributed by atoms with Crippen molar-refractivity contribution < 1.29 is 0 Å². The lowest BCUT2D eigenvalue weighted by molar-refractivity contribution is 0.564. The fraction of sp³-hybridized carbons (Fsp3) is 0.333. The van der Waals surface area contributed by atoms with Gasteiger partial charge in [-0.2, -0.15) is 0 Å². The first-order valence-corrected chi connectivity index (χ1v) is 7.94. The lowest BCUT2D eigenvalue weighted by Gasteiger charge is -2.22. The zero-order chi connectivity index (χ0) is 14.9. The van der Waals surface area contributed by atoms with Gasteiger partial charge in [0.2, 0.25) is 0 Å². The molecule has 2 aromatic rings. The Bertz CT molecular complexity index is 634. The Hall–Kier alpha value is -0.940. The van der Waals surface area contributed by atoms with Gasteiger partial charge in [0.25, 0.3) is 0 Å². The first-order valence-electron chi connectivity index (χ1n) is 6.35. The Morgan fingerprint density at radius 1 is 1.05 bits per heavy atom. The summed E-state index contributed by atoms with van der Waals surface area (Å²) in [6.45, 7) is 6.43. The zero-order valence-electron chi connectivity index (χ0n) is 12.0. The maximum Gasteiger partial charge on any atom is 0.163 e. The monoisotopic (exact) mass is 397 g/mol. The second-order valence-corrected chi connectivity index (χ2v) is 7.19. The molecule has 0 fully saturated rings. The van der Waals surface area contributed by atoms with E-state index in [2.05, 4.69) is 62.9 Å². The summed E-state index contributed by atoms with van der Waals surface area (Å²) in [4.78, 5) is 9.35. The second kappa shape index (κ2) is 5.82. The molecule has 20 heavy (non-hydrogen) atoms. The van der Waals surface area contributed by atoms with Gasteiger partial charge < -0.3 is 5.32 Å². The summed E-state index contributed by atoms with van der Waals surface area (Å²) in [7, 11) is 1.86. The van der Waals surface area contributed by atoms with Crippen LogP contribution in [0.1, 0.15) is 26.5 Å². The van der Waals surface area contributed by atoms with Gasteiger partial charge in [-0.1, -0.05) is 54.9 Å². The van der Waals surface area contributed by atoms with Crippen LogP contribution in [0.5, 0.6) is 0 Å². The Labute approximate surface area is 136 Å². The molecular formula is C15H17Br2N3. The summed E-state index contributed by atoms with van der Waals surface area (Å²) in [5.74, 6) is 1.52. The van der Waals surface area contributed by atoms with E-state index in [0.29, 0.717) is 0 Å². The number of nitrogens with zero attached hydrogens (tertiary/aromatic N) is 2. The molecule has 0 spiro atoms. The van der Waals surface area contributed by atoms with Gasteiger partial charge in [0.1, 0.15) is 5.82 Å². The van der Waals surface area contributed by atoms with Crippen LogP contribution < -0.4 is 5.32 Å². The first kappa shape index (κ1) is 15.4. The first-order chi connectivity index (χ1) is 9.34. The molecule has 5 heteroatoms. The van der Waals surface area contributed by atoms with Crippen LogP contribution in [0.3, 0.4) is 0 Å². The van der Waals surface area contributed by atoms with Crippen molar-refractivity contribution in [2.45, 2.75) is 26.2 Å². The quantitative estimate of drug-likeness (QED) is 0.772. The summed E-state index contributed by atoms with van der Waals surface area (Å²) >= 11 is 7.16. The molecule has 0 atom stereocenters. The van der Waals surface area contributed by atoms with Gasteiger partial charge in [0.15, 0.2) is 5.82 Å². The van der Waals surface area contributed by atoms with E-state index in [1.54, 1.807) is 0 Å². The largest absolute Gasteiger partial charge is 0.372 e. The van der Waals surface area contributed by atoms with Crippen molar-refractivity contribution in [1.82, 2.24) is 9.97 Å². The number of rotatable bonds is 2. The normalized spacial score (nSPS) is 11.5. The number of hydrogen-bond acceptors (Lipinski definition) is 3. The van der Waals surface area contributed by atoms with Crippen LogP contribution in [0.2, 0.25) is 0 Å². The van der Waals surface area contributed by atoms with Crippen molar-refractivity contribution in [1.29, 1.82) is 0 Å². The van der Waals surface area contributed by atoms with E-state index in [9.17, 15) is 0 Å². The van der Waals surface area contributed by atoms with Gasteiger partial charge in [-0.05, 0) is 22.0 Å². The van der Waals surface area contributed by atoms with Gasteiger partial charge in [-0.15, -0.1) is 0 Å². The topological polar surface area (TPSA) is 37.8 Å². The van der Waals surface area contributed by atoms with E-state index in [1.165, 1.54) is 0 Å². The predicted octanol–water partition coefficient (Wildman–Crippen LogP) is 5.01. The minimum absolute atomic E-state index is 0.0661. The van der Waals surface area contributed by atoms with Crippen molar-refractivity contribution >= 4 is 37.7 Å². The number of aromatic nitrogens is 2. The van der Waals surface area contributed by atoms with E-state index in [4.69, 9.17) is 4.98 Å². The fourth-order valence-electron chi connectivity index (χ4n) is 1.87. The molecule has 3 nitrogen and oxygen atoms in total. The molecule has 0 bridgehead atoms. The Balaban J connectivity index is 2.70. The third-order valence-corrected chi connectivity index (χ3v) is 4.36. The highest BCUT2D eigenvalue weighted by Crippen LogP contribution is 2.35. The lowest BCUT2D eigenvalue weighted by atomic mass is 9.91. The van der Waals surface area contributed by atoms with E-state index in [1.807, 2.05) is 31.3 Å². The minimum Gasteiger partial charge on any atom is -0.372 e. The summed E-state index contributed by atoms with van der Waals surface area (Å²) in [5.41, 5.74) is 1.91. The molecule has 1 aromatic carbocycles. The van der Waals surface area contributed by atoms with Crippen LogP contribution in [0.15, 0.2) is 33.2 Å². The van der Waals surface area contributed by atoms with Crippen molar-refractivity contribution in [3.8, 4) is 11.4 Å². The molecule has 0 aliphatic rings. The highest BCUT2D eigenvalue weighted by Gasteiger charge is 2.23. The Kier molecular flexibility index (Phi) is 4.49. The fourth-order valence-corrected chi connectivity index (χ4v) is 3.31. The molecule has 1 N–H and O–H groups in total. The van der Waals surface area contributed by atoms with Gasteiger partial charge >= 0.3 is 0 Å². The minimum atomic E-state index is -0.0661. The predicted molar refractivity (Wildman–Crippen MR) is 91.1 cm³/mol. The number of nitrogens with one attached hydrogen (secondary N) is 1. The highest BCUT2D eigenvalue weighted by molar-refractivity contribution is 9.11. The molecule has 0 aliphatic heterocycles. The lowest BCUT2D eigenvalue weighted by Crippen LogP contribution is -2.17.